The number of hydrogen-bond donors (Lipinski definition) is 2. The summed E-state index contributed by atoms with van der Waals surface area (Å²) in [5.74, 6) is 0. The predicted molar refractivity (Wildman–Crippen MR) is 71.8 cm³/mol. The van der Waals surface area contributed by atoms with Crippen LogP contribution in [0.25, 0.3) is 0 Å². The Morgan fingerprint density at radius 2 is 1.94 bits per heavy atom. The van der Waals surface area contributed by atoms with E-state index in [-0.39, 0.29) is 5.69 Å². The zero-order valence-corrected chi connectivity index (χ0v) is 10.6. The first-order chi connectivity index (χ1) is 8.45. The largest absolute Gasteiger partial charge is 0.398 e. The van der Waals surface area contributed by atoms with Crippen LogP contribution in [0.4, 0.5) is 17.1 Å². The van der Waals surface area contributed by atoms with E-state index in [0.29, 0.717) is 17.8 Å². The van der Waals surface area contributed by atoms with Crippen molar-refractivity contribution in [1.29, 1.82) is 0 Å². The summed E-state index contributed by atoms with van der Waals surface area (Å²) in [6.45, 7) is 5.85. The molecule has 0 spiro atoms. The Labute approximate surface area is 106 Å². The first-order valence-electron chi connectivity index (χ1n) is 6.01. The maximum atomic E-state index is 10.8. The Balaban J connectivity index is 2.29. The summed E-state index contributed by atoms with van der Waals surface area (Å²) in [7, 11) is 0. The van der Waals surface area contributed by atoms with E-state index in [4.69, 9.17) is 5.73 Å². The Morgan fingerprint density at radius 1 is 1.33 bits per heavy atom. The summed E-state index contributed by atoms with van der Waals surface area (Å²) in [6.07, 6.45) is 0. The maximum Gasteiger partial charge on any atom is 0.273 e. The number of benzene rings is 1. The van der Waals surface area contributed by atoms with Crippen molar-refractivity contribution in [3.05, 3.63) is 28.3 Å². The number of hydrogen-bond acceptors (Lipinski definition) is 5. The molecule has 0 radical (unpaired) electrons. The van der Waals surface area contributed by atoms with E-state index in [1.807, 2.05) is 0 Å². The Morgan fingerprint density at radius 3 is 2.50 bits per heavy atom. The number of piperazine rings is 1. The van der Waals surface area contributed by atoms with Gasteiger partial charge in [0.25, 0.3) is 5.69 Å². The molecule has 1 saturated heterocycles. The number of nitro benzene ring substituents is 1. The van der Waals surface area contributed by atoms with Crippen molar-refractivity contribution in [2.75, 3.05) is 23.7 Å². The van der Waals surface area contributed by atoms with E-state index in [1.165, 1.54) is 6.07 Å². The number of non-ortho nitro benzene ring substituents is 1. The molecule has 0 aliphatic carbocycles. The fourth-order valence-corrected chi connectivity index (χ4v) is 2.44. The molecule has 6 nitrogen and oxygen atoms in total. The minimum Gasteiger partial charge on any atom is -0.398 e. The van der Waals surface area contributed by atoms with Crippen LogP contribution in [0.3, 0.4) is 0 Å². The fourth-order valence-electron chi connectivity index (χ4n) is 2.44. The average Bonchev–Trinajstić information content (AvgIpc) is 2.26. The van der Waals surface area contributed by atoms with Crippen molar-refractivity contribution in [2.24, 2.45) is 0 Å². The number of nitro groups is 1. The summed E-state index contributed by atoms with van der Waals surface area (Å²) in [5.41, 5.74) is 7.02. The van der Waals surface area contributed by atoms with Gasteiger partial charge in [-0.15, -0.1) is 0 Å². The van der Waals surface area contributed by atoms with Crippen molar-refractivity contribution >= 4 is 17.1 Å². The van der Waals surface area contributed by atoms with Gasteiger partial charge in [-0.2, -0.15) is 0 Å². The molecule has 1 aromatic carbocycles. The standard InChI is InChI=1S/C12H18N4O2/c1-8-6-15(7-9(2)14-8)11-3-10(13)4-12(5-11)16(17)18/h3-5,8-9,14H,6-7,13H2,1-2H3/t8-,9-/m1/s1. The van der Waals surface area contributed by atoms with Gasteiger partial charge in [0.2, 0.25) is 0 Å². The molecule has 3 N–H and O–H groups in total. The molecular weight excluding hydrogens is 232 g/mol. The molecule has 6 heteroatoms. The summed E-state index contributed by atoms with van der Waals surface area (Å²) in [6, 6.07) is 5.47. The molecule has 2 atom stereocenters. The van der Waals surface area contributed by atoms with Crippen LogP contribution in [-0.4, -0.2) is 30.1 Å². The average molecular weight is 250 g/mol. The highest BCUT2D eigenvalue weighted by atomic mass is 16.6. The van der Waals surface area contributed by atoms with Crippen LogP contribution in [0.1, 0.15) is 13.8 Å². The molecule has 1 aromatic rings. The zero-order valence-electron chi connectivity index (χ0n) is 10.6. The van der Waals surface area contributed by atoms with Gasteiger partial charge in [0.1, 0.15) is 0 Å². The predicted octanol–water partition coefficient (Wildman–Crippen LogP) is 1.36. The minimum absolute atomic E-state index is 0.0452. The van der Waals surface area contributed by atoms with Gasteiger partial charge in [-0.05, 0) is 19.9 Å². The molecule has 98 valence electrons. The second-order valence-corrected chi connectivity index (χ2v) is 4.91. The molecule has 1 fully saturated rings. The molecule has 1 aliphatic rings. The second kappa shape index (κ2) is 4.81. The van der Waals surface area contributed by atoms with Gasteiger partial charge in [0.15, 0.2) is 0 Å². The van der Waals surface area contributed by atoms with Crippen molar-refractivity contribution < 1.29 is 4.92 Å². The smallest absolute Gasteiger partial charge is 0.273 e. The highest BCUT2D eigenvalue weighted by molar-refractivity contribution is 5.63. The molecule has 1 heterocycles. The summed E-state index contributed by atoms with van der Waals surface area (Å²) >= 11 is 0. The Bertz CT molecular complexity index is 453. The lowest BCUT2D eigenvalue weighted by molar-refractivity contribution is -0.384. The molecule has 18 heavy (non-hydrogen) atoms. The summed E-state index contributed by atoms with van der Waals surface area (Å²) in [4.78, 5) is 12.6. The van der Waals surface area contributed by atoms with Crippen molar-refractivity contribution in [1.82, 2.24) is 5.32 Å². The van der Waals surface area contributed by atoms with Gasteiger partial charge in [-0.3, -0.25) is 10.1 Å². The number of nitrogens with zero attached hydrogens (tertiary/aromatic N) is 2. The molecule has 0 aromatic heterocycles. The third kappa shape index (κ3) is 2.70. The monoisotopic (exact) mass is 250 g/mol. The minimum atomic E-state index is -0.408. The second-order valence-electron chi connectivity index (χ2n) is 4.91. The van der Waals surface area contributed by atoms with Gasteiger partial charge in [0, 0.05) is 48.7 Å². The van der Waals surface area contributed by atoms with E-state index in [0.717, 1.165) is 18.8 Å². The Kier molecular flexibility index (Phi) is 3.38. The van der Waals surface area contributed by atoms with Crippen molar-refractivity contribution in [2.45, 2.75) is 25.9 Å². The molecule has 2 rings (SSSR count). The topological polar surface area (TPSA) is 84.4 Å². The first kappa shape index (κ1) is 12.6. The van der Waals surface area contributed by atoms with E-state index < -0.39 is 4.92 Å². The molecule has 0 amide bonds. The molecule has 1 aliphatic heterocycles. The fraction of sp³-hybridized carbons (Fsp3) is 0.500. The molecule has 0 unspecified atom stereocenters. The van der Waals surface area contributed by atoms with Crippen LogP contribution < -0.4 is 16.0 Å². The van der Waals surface area contributed by atoms with Gasteiger partial charge >= 0.3 is 0 Å². The molecule has 0 bridgehead atoms. The summed E-state index contributed by atoms with van der Waals surface area (Å²) in [5, 5.41) is 14.3. The van der Waals surface area contributed by atoms with Crippen LogP contribution >= 0.6 is 0 Å². The van der Waals surface area contributed by atoms with Crippen LogP contribution in [0, 0.1) is 10.1 Å². The highest BCUT2D eigenvalue weighted by Crippen LogP contribution is 2.26. The SMILES string of the molecule is C[C@@H]1CN(c2cc(N)cc([N+](=O)[O-])c2)C[C@@H](C)N1. The third-order valence-electron chi connectivity index (χ3n) is 3.06. The van der Waals surface area contributed by atoms with Gasteiger partial charge in [0.05, 0.1) is 4.92 Å². The molecular formula is C12H18N4O2. The Hall–Kier alpha value is -1.82. The lowest BCUT2D eigenvalue weighted by Gasteiger charge is -2.37. The van der Waals surface area contributed by atoms with Crippen molar-refractivity contribution in [3.63, 3.8) is 0 Å². The zero-order chi connectivity index (χ0) is 13.3. The van der Waals surface area contributed by atoms with Gasteiger partial charge < -0.3 is 16.0 Å². The van der Waals surface area contributed by atoms with E-state index in [1.54, 1.807) is 12.1 Å². The lowest BCUT2D eigenvalue weighted by atomic mass is 10.1. The third-order valence-corrected chi connectivity index (χ3v) is 3.06. The van der Waals surface area contributed by atoms with Crippen LogP contribution in [0.5, 0.6) is 0 Å². The van der Waals surface area contributed by atoms with Gasteiger partial charge in [-0.25, -0.2) is 0 Å². The number of nitrogens with two attached hydrogens (primary N) is 1. The quantitative estimate of drug-likeness (QED) is 0.470. The normalized spacial score (nSPS) is 24.0. The number of rotatable bonds is 2. The van der Waals surface area contributed by atoms with Crippen LogP contribution in [0.2, 0.25) is 0 Å². The maximum absolute atomic E-state index is 10.8. The lowest BCUT2D eigenvalue weighted by Crippen LogP contribution is -2.54. The first-order valence-corrected chi connectivity index (χ1v) is 6.01. The number of nitrogen functional groups attached to an aromatic ring is 1. The van der Waals surface area contributed by atoms with Crippen LogP contribution in [0.15, 0.2) is 18.2 Å². The van der Waals surface area contributed by atoms with E-state index >= 15 is 0 Å². The van der Waals surface area contributed by atoms with E-state index in [9.17, 15) is 10.1 Å². The van der Waals surface area contributed by atoms with E-state index in [2.05, 4.69) is 24.1 Å². The summed E-state index contributed by atoms with van der Waals surface area (Å²) < 4.78 is 0. The van der Waals surface area contributed by atoms with Crippen molar-refractivity contribution in [3.8, 4) is 0 Å². The van der Waals surface area contributed by atoms with Crippen LogP contribution in [-0.2, 0) is 0 Å². The van der Waals surface area contributed by atoms with Gasteiger partial charge in [-0.1, -0.05) is 0 Å². The number of nitrogens with one attached hydrogen (secondary N) is 1. The number of anilines is 2. The highest BCUT2D eigenvalue weighted by Gasteiger charge is 2.22. The molecule has 0 saturated carbocycles.